The van der Waals surface area contributed by atoms with Crippen molar-refractivity contribution in [3.05, 3.63) is 87.7 Å². The van der Waals surface area contributed by atoms with Gasteiger partial charge < -0.3 is 9.73 Å². The Morgan fingerprint density at radius 2 is 1.66 bits per heavy atom. The van der Waals surface area contributed by atoms with Crippen LogP contribution < -0.4 is 10.6 Å². The Kier molecular flexibility index (Phi) is 5.92. The summed E-state index contributed by atoms with van der Waals surface area (Å²) < 4.78 is 5.13. The summed E-state index contributed by atoms with van der Waals surface area (Å²) in [4.78, 5) is 29.8. The molecule has 2 N–H and O–H groups in total. The first kappa shape index (κ1) is 21.5. The number of hydrogen-bond acceptors (Lipinski definition) is 5. The average molecular weight is 446 g/mol. The Labute approximate surface area is 190 Å². The predicted octanol–water partition coefficient (Wildman–Crippen LogP) is 6.14. The maximum Gasteiger partial charge on any atom is 0.291 e. The highest BCUT2D eigenvalue weighted by Gasteiger charge is 2.15. The first-order valence-corrected chi connectivity index (χ1v) is 11.0. The smallest absolute Gasteiger partial charge is 0.291 e. The molecule has 0 radical (unpaired) electrons. The number of aromatic nitrogens is 1. The Morgan fingerprint density at radius 1 is 0.906 bits per heavy atom. The molecule has 32 heavy (non-hydrogen) atoms. The Bertz CT molecular complexity index is 1280. The number of carbonyl (C=O) groups excluding carboxylic acids is 2. The maximum absolute atomic E-state index is 12.8. The van der Waals surface area contributed by atoms with E-state index in [4.69, 9.17) is 4.42 Å². The number of hydrogen-bond donors (Lipinski definition) is 2. The number of nitrogens with one attached hydrogen (secondary N) is 2. The van der Waals surface area contributed by atoms with Crippen molar-refractivity contribution in [3.8, 4) is 11.3 Å². The second kappa shape index (κ2) is 8.80. The van der Waals surface area contributed by atoms with Crippen LogP contribution in [-0.4, -0.2) is 16.8 Å². The van der Waals surface area contributed by atoms with E-state index >= 15 is 0 Å². The fraction of sp³-hybridized carbons (Fsp3) is 0.160. The van der Waals surface area contributed by atoms with Gasteiger partial charge in [0.25, 0.3) is 11.8 Å². The SMILES string of the molecule is Cc1cc(C)c(-c2csc(NC(=O)c3ccc(C)c(NC(=O)c4ccco4)c3)n2)c(C)c1. The minimum absolute atomic E-state index is 0.205. The molecule has 0 saturated heterocycles. The van der Waals surface area contributed by atoms with Crippen molar-refractivity contribution in [1.29, 1.82) is 0 Å². The van der Waals surface area contributed by atoms with Crippen molar-refractivity contribution >= 4 is 34.0 Å². The molecule has 2 heterocycles. The molecule has 162 valence electrons. The van der Waals surface area contributed by atoms with Gasteiger partial charge in [-0.05, 0) is 68.7 Å². The molecule has 0 aliphatic carbocycles. The number of aryl methyl sites for hydroxylation is 4. The molecule has 0 aliphatic rings. The molecule has 6 nitrogen and oxygen atoms in total. The van der Waals surface area contributed by atoms with Gasteiger partial charge in [-0.25, -0.2) is 4.98 Å². The van der Waals surface area contributed by atoms with E-state index in [1.165, 1.54) is 23.2 Å². The predicted molar refractivity (Wildman–Crippen MR) is 128 cm³/mol. The largest absolute Gasteiger partial charge is 0.459 e. The second-order valence-electron chi connectivity index (χ2n) is 7.73. The molecule has 4 rings (SSSR count). The lowest BCUT2D eigenvalue weighted by Gasteiger charge is -2.10. The Hall–Kier alpha value is -3.71. The van der Waals surface area contributed by atoms with Gasteiger partial charge in [0, 0.05) is 22.2 Å². The van der Waals surface area contributed by atoms with Crippen molar-refractivity contribution in [3.63, 3.8) is 0 Å². The fourth-order valence-electron chi connectivity index (χ4n) is 3.69. The number of nitrogens with zero attached hydrogens (tertiary/aromatic N) is 1. The topological polar surface area (TPSA) is 84.2 Å². The molecule has 0 aliphatic heterocycles. The highest BCUT2D eigenvalue weighted by atomic mass is 32.1. The molecule has 0 bridgehead atoms. The van der Waals surface area contributed by atoms with E-state index in [2.05, 4.69) is 48.5 Å². The highest BCUT2D eigenvalue weighted by Crippen LogP contribution is 2.31. The van der Waals surface area contributed by atoms with E-state index in [-0.39, 0.29) is 17.6 Å². The van der Waals surface area contributed by atoms with Crippen LogP contribution in [0.25, 0.3) is 11.3 Å². The van der Waals surface area contributed by atoms with E-state index in [1.54, 1.807) is 30.3 Å². The van der Waals surface area contributed by atoms with Gasteiger partial charge in [0.05, 0.1) is 12.0 Å². The van der Waals surface area contributed by atoms with E-state index in [9.17, 15) is 9.59 Å². The van der Waals surface area contributed by atoms with Gasteiger partial charge in [0.15, 0.2) is 10.9 Å². The minimum atomic E-state index is -0.371. The number of rotatable bonds is 5. The van der Waals surface area contributed by atoms with Gasteiger partial charge in [-0.2, -0.15) is 0 Å². The summed E-state index contributed by atoms with van der Waals surface area (Å²) in [5.74, 6) is -0.461. The lowest BCUT2D eigenvalue weighted by molar-refractivity contribution is 0.0993. The van der Waals surface area contributed by atoms with Crippen LogP contribution in [0.3, 0.4) is 0 Å². The van der Waals surface area contributed by atoms with Crippen LogP contribution in [-0.2, 0) is 0 Å². The van der Waals surface area contributed by atoms with Crippen LogP contribution in [0.1, 0.15) is 43.2 Å². The number of furan rings is 1. The van der Waals surface area contributed by atoms with Crippen LogP contribution >= 0.6 is 11.3 Å². The number of amides is 2. The summed E-state index contributed by atoms with van der Waals surface area (Å²) in [6.45, 7) is 8.07. The van der Waals surface area contributed by atoms with E-state index in [0.29, 0.717) is 16.4 Å². The third-order valence-corrected chi connectivity index (χ3v) is 5.91. The van der Waals surface area contributed by atoms with Crippen molar-refractivity contribution in [2.24, 2.45) is 0 Å². The molecular formula is C25H23N3O3S. The zero-order valence-corrected chi connectivity index (χ0v) is 19.1. The van der Waals surface area contributed by atoms with Crippen molar-refractivity contribution in [1.82, 2.24) is 4.98 Å². The van der Waals surface area contributed by atoms with Crippen LogP contribution in [0, 0.1) is 27.7 Å². The van der Waals surface area contributed by atoms with Crippen LogP contribution in [0.5, 0.6) is 0 Å². The van der Waals surface area contributed by atoms with Gasteiger partial charge in [-0.3, -0.25) is 14.9 Å². The lowest BCUT2D eigenvalue weighted by Crippen LogP contribution is -2.15. The van der Waals surface area contributed by atoms with Gasteiger partial charge in [-0.1, -0.05) is 23.8 Å². The van der Waals surface area contributed by atoms with Crippen molar-refractivity contribution < 1.29 is 14.0 Å². The molecule has 0 atom stereocenters. The monoisotopic (exact) mass is 445 g/mol. The molecule has 0 spiro atoms. The van der Waals surface area contributed by atoms with Crippen LogP contribution in [0.2, 0.25) is 0 Å². The van der Waals surface area contributed by atoms with Gasteiger partial charge >= 0.3 is 0 Å². The first-order valence-electron chi connectivity index (χ1n) is 10.1. The third kappa shape index (κ3) is 4.48. The van der Waals surface area contributed by atoms with Crippen LogP contribution in [0.15, 0.2) is 58.5 Å². The maximum atomic E-state index is 12.8. The number of carbonyl (C=O) groups is 2. The molecular weight excluding hydrogens is 422 g/mol. The number of anilines is 2. The van der Waals surface area contributed by atoms with Gasteiger partial charge in [0.1, 0.15) is 0 Å². The average Bonchev–Trinajstić information content (AvgIpc) is 3.41. The van der Waals surface area contributed by atoms with Crippen LogP contribution in [0.4, 0.5) is 10.8 Å². The third-order valence-electron chi connectivity index (χ3n) is 5.15. The number of thiazole rings is 1. The zero-order valence-electron chi connectivity index (χ0n) is 18.3. The Balaban J connectivity index is 1.52. The molecule has 4 aromatic rings. The van der Waals surface area contributed by atoms with E-state index < -0.39 is 0 Å². The zero-order chi connectivity index (χ0) is 22.8. The summed E-state index contributed by atoms with van der Waals surface area (Å²) in [7, 11) is 0. The van der Waals surface area contributed by atoms with Crippen molar-refractivity contribution in [2.45, 2.75) is 27.7 Å². The number of benzene rings is 2. The standard InChI is InChI=1S/C25H23N3O3S/c1-14-10-16(3)22(17(4)11-14)20-13-32-25(27-20)28-23(29)18-8-7-15(2)19(12-18)26-24(30)21-6-5-9-31-21/h5-13H,1-4H3,(H,26,30)(H,27,28,29). The first-order chi connectivity index (χ1) is 15.3. The molecule has 0 unspecified atom stereocenters. The van der Waals surface area contributed by atoms with Gasteiger partial charge in [-0.15, -0.1) is 11.3 Å². The summed E-state index contributed by atoms with van der Waals surface area (Å²) in [5.41, 5.74) is 7.25. The normalized spacial score (nSPS) is 10.8. The molecule has 2 aromatic carbocycles. The minimum Gasteiger partial charge on any atom is -0.459 e. The quantitative estimate of drug-likeness (QED) is 0.386. The summed E-state index contributed by atoms with van der Waals surface area (Å²) in [6.07, 6.45) is 1.44. The molecule has 7 heteroatoms. The molecule has 0 saturated carbocycles. The Morgan fingerprint density at radius 3 is 2.34 bits per heavy atom. The van der Waals surface area contributed by atoms with Gasteiger partial charge in [0.2, 0.25) is 0 Å². The van der Waals surface area contributed by atoms with E-state index in [0.717, 1.165) is 27.9 Å². The van der Waals surface area contributed by atoms with Crippen molar-refractivity contribution in [2.75, 3.05) is 10.6 Å². The molecule has 2 amide bonds. The second-order valence-corrected chi connectivity index (χ2v) is 8.58. The summed E-state index contributed by atoms with van der Waals surface area (Å²) in [5, 5.41) is 8.12. The molecule has 2 aromatic heterocycles. The summed E-state index contributed by atoms with van der Waals surface area (Å²) >= 11 is 1.38. The summed E-state index contributed by atoms with van der Waals surface area (Å²) in [6, 6.07) is 12.6. The highest BCUT2D eigenvalue weighted by molar-refractivity contribution is 7.14. The lowest BCUT2D eigenvalue weighted by atomic mass is 9.98. The fourth-order valence-corrected chi connectivity index (χ4v) is 4.39. The molecule has 0 fully saturated rings. The van der Waals surface area contributed by atoms with E-state index in [1.807, 2.05) is 12.3 Å².